The Bertz CT molecular complexity index is 484. The number of aromatic nitrogens is 2. The van der Waals surface area contributed by atoms with Gasteiger partial charge in [-0.15, -0.1) is 11.3 Å². The third-order valence-electron chi connectivity index (χ3n) is 1.93. The number of hydrogen-bond donors (Lipinski definition) is 2. The molecule has 0 saturated heterocycles. The lowest BCUT2D eigenvalue weighted by Crippen LogP contribution is -2.14. The van der Waals surface area contributed by atoms with Gasteiger partial charge >= 0.3 is 0 Å². The van der Waals surface area contributed by atoms with Gasteiger partial charge in [0, 0.05) is 17.3 Å². The number of hydrogen-bond acceptors (Lipinski definition) is 4. The molecule has 0 unspecified atom stereocenters. The Morgan fingerprint density at radius 2 is 2.57 bits per heavy atom. The van der Waals surface area contributed by atoms with E-state index in [1.165, 1.54) is 0 Å². The largest absolute Gasteiger partial charge is 0.409 e. The van der Waals surface area contributed by atoms with Crippen LogP contribution < -0.4 is 5.73 Å². The second-order valence-corrected chi connectivity index (χ2v) is 3.87. The smallest absolute Gasteiger partial charge is 0.194 e. The predicted octanol–water partition coefficient (Wildman–Crippen LogP) is 0.993. The van der Waals surface area contributed by atoms with Crippen LogP contribution in [0.25, 0.3) is 4.96 Å². The number of rotatable bonds is 2. The highest BCUT2D eigenvalue weighted by Crippen LogP contribution is 2.15. The summed E-state index contributed by atoms with van der Waals surface area (Å²) in [5, 5.41) is 13.4. The van der Waals surface area contributed by atoms with Crippen LogP contribution in [-0.2, 0) is 6.42 Å². The molecule has 0 aromatic carbocycles. The number of fused-ring (bicyclic) bond motifs is 1. The Labute approximate surface area is 84.5 Å². The summed E-state index contributed by atoms with van der Waals surface area (Å²) < 4.78 is 1.99. The van der Waals surface area contributed by atoms with Crippen molar-refractivity contribution in [1.29, 1.82) is 0 Å². The molecule has 2 heterocycles. The summed E-state index contributed by atoms with van der Waals surface area (Å²) in [5.74, 6) is 0.174. The standard InChI is InChI=1S/C8H10N4OS/c1-5-4-14-8-10-6(3-12(5)8)2-7(9)11-13/h3-4,13H,2H2,1H3,(H2,9,11). The zero-order valence-electron chi connectivity index (χ0n) is 7.64. The Balaban J connectivity index is 2.36. The van der Waals surface area contributed by atoms with E-state index in [0.717, 1.165) is 16.3 Å². The van der Waals surface area contributed by atoms with Crippen LogP contribution in [0.5, 0.6) is 0 Å². The van der Waals surface area contributed by atoms with Gasteiger partial charge in [0.2, 0.25) is 0 Å². The van der Waals surface area contributed by atoms with Gasteiger partial charge in [-0.25, -0.2) is 4.98 Å². The van der Waals surface area contributed by atoms with Gasteiger partial charge in [-0.1, -0.05) is 5.16 Å². The number of nitrogens with zero attached hydrogens (tertiary/aromatic N) is 3. The minimum Gasteiger partial charge on any atom is -0.409 e. The highest BCUT2D eigenvalue weighted by molar-refractivity contribution is 7.15. The quantitative estimate of drug-likeness (QED) is 0.336. The van der Waals surface area contributed by atoms with Gasteiger partial charge in [0.15, 0.2) is 4.96 Å². The lowest BCUT2D eigenvalue weighted by atomic mass is 10.3. The number of amidine groups is 1. The molecule has 6 heteroatoms. The molecule has 0 bridgehead atoms. The van der Waals surface area contributed by atoms with Crippen molar-refractivity contribution < 1.29 is 5.21 Å². The van der Waals surface area contributed by atoms with Crippen LogP contribution >= 0.6 is 11.3 Å². The lowest BCUT2D eigenvalue weighted by Gasteiger charge is -1.91. The fourth-order valence-corrected chi connectivity index (χ4v) is 2.12. The van der Waals surface area contributed by atoms with Crippen molar-refractivity contribution >= 4 is 22.1 Å². The van der Waals surface area contributed by atoms with Gasteiger partial charge in [0.25, 0.3) is 0 Å². The SMILES string of the molecule is Cc1csc2nc(C/C(N)=N/O)cn12. The first-order valence-electron chi connectivity index (χ1n) is 4.09. The summed E-state index contributed by atoms with van der Waals surface area (Å²) in [6.07, 6.45) is 2.28. The van der Waals surface area contributed by atoms with E-state index >= 15 is 0 Å². The molecule has 0 amide bonds. The van der Waals surface area contributed by atoms with E-state index in [1.807, 2.05) is 22.9 Å². The number of aryl methyl sites for hydroxylation is 1. The minimum absolute atomic E-state index is 0.174. The summed E-state index contributed by atoms with van der Waals surface area (Å²) in [6.45, 7) is 2.01. The van der Waals surface area contributed by atoms with Gasteiger partial charge < -0.3 is 10.9 Å². The fraction of sp³-hybridized carbons (Fsp3) is 0.250. The molecule has 0 aliphatic carbocycles. The molecule has 2 aromatic heterocycles. The van der Waals surface area contributed by atoms with E-state index in [2.05, 4.69) is 10.1 Å². The maximum Gasteiger partial charge on any atom is 0.194 e. The second kappa shape index (κ2) is 3.30. The van der Waals surface area contributed by atoms with Gasteiger partial charge in [-0.3, -0.25) is 4.40 Å². The van der Waals surface area contributed by atoms with Crippen molar-refractivity contribution in [2.45, 2.75) is 13.3 Å². The number of thiazole rings is 1. The van der Waals surface area contributed by atoms with Crippen LogP contribution in [0.3, 0.4) is 0 Å². The minimum atomic E-state index is 0.174. The molecule has 14 heavy (non-hydrogen) atoms. The van der Waals surface area contributed by atoms with Crippen LogP contribution in [0.15, 0.2) is 16.7 Å². The molecule has 5 nitrogen and oxygen atoms in total. The maximum atomic E-state index is 8.41. The van der Waals surface area contributed by atoms with E-state index in [0.29, 0.717) is 6.42 Å². The third kappa shape index (κ3) is 1.44. The normalized spacial score (nSPS) is 12.5. The zero-order valence-corrected chi connectivity index (χ0v) is 8.45. The first-order valence-corrected chi connectivity index (χ1v) is 4.97. The van der Waals surface area contributed by atoms with Crippen molar-refractivity contribution in [2.75, 3.05) is 0 Å². The molecule has 74 valence electrons. The van der Waals surface area contributed by atoms with Crippen molar-refractivity contribution in [3.8, 4) is 0 Å². The Kier molecular flexibility index (Phi) is 2.12. The number of oxime groups is 1. The van der Waals surface area contributed by atoms with Crippen molar-refractivity contribution in [1.82, 2.24) is 9.38 Å². The average molecular weight is 210 g/mol. The molecule has 0 aliphatic rings. The van der Waals surface area contributed by atoms with E-state index in [-0.39, 0.29) is 5.84 Å². The van der Waals surface area contributed by atoms with Gasteiger partial charge in [0.1, 0.15) is 5.84 Å². The van der Waals surface area contributed by atoms with E-state index in [1.54, 1.807) is 11.3 Å². The van der Waals surface area contributed by atoms with Crippen molar-refractivity contribution in [2.24, 2.45) is 10.9 Å². The molecule has 0 saturated carbocycles. The van der Waals surface area contributed by atoms with Gasteiger partial charge in [-0.05, 0) is 6.92 Å². The third-order valence-corrected chi connectivity index (χ3v) is 2.89. The molecule has 0 fully saturated rings. The molecular weight excluding hydrogens is 200 g/mol. The molecule has 0 aliphatic heterocycles. The van der Waals surface area contributed by atoms with Crippen molar-refractivity contribution in [3.63, 3.8) is 0 Å². The first-order chi connectivity index (χ1) is 6.70. The summed E-state index contributed by atoms with van der Waals surface area (Å²) in [4.78, 5) is 5.26. The summed E-state index contributed by atoms with van der Waals surface area (Å²) >= 11 is 1.58. The van der Waals surface area contributed by atoms with Crippen molar-refractivity contribution in [3.05, 3.63) is 23.0 Å². The van der Waals surface area contributed by atoms with Crippen LogP contribution in [0.4, 0.5) is 0 Å². The molecule has 2 aromatic rings. The molecule has 3 N–H and O–H groups in total. The van der Waals surface area contributed by atoms with Gasteiger partial charge in [0.05, 0.1) is 12.1 Å². The summed E-state index contributed by atoms with van der Waals surface area (Å²) in [6, 6.07) is 0. The second-order valence-electron chi connectivity index (χ2n) is 3.03. The molecule has 0 spiro atoms. The van der Waals surface area contributed by atoms with E-state index < -0.39 is 0 Å². The number of nitrogens with two attached hydrogens (primary N) is 1. The highest BCUT2D eigenvalue weighted by atomic mass is 32.1. The van der Waals surface area contributed by atoms with Crippen LogP contribution in [-0.4, -0.2) is 20.4 Å². The Morgan fingerprint density at radius 3 is 3.21 bits per heavy atom. The Hall–Kier alpha value is -1.56. The van der Waals surface area contributed by atoms with Crippen LogP contribution in [0.2, 0.25) is 0 Å². The summed E-state index contributed by atoms with van der Waals surface area (Å²) in [5.41, 5.74) is 7.34. The van der Waals surface area contributed by atoms with Crippen LogP contribution in [0, 0.1) is 6.92 Å². The Morgan fingerprint density at radius 1 is 1.79 bits per heavy atom. The highest BCUT2D eigenvalue weighted by Gasteiger charge is 2.06. The maximum absolute atomic E-state index is 8.41. The van der Waals surface area contributed by atoms with Gasteiger partial charge in [-0.2, -0.15) is 0 Å². The first kappa shape index (κ1) is 9.01. The van der Waals surface area contributed by atoms with E-state index in [4.69, 9.17) is 10.9 Å². The predicted molar refractivity (Wildman–Crippen MR) is 54.9 cm³/mol. The average Bonchev–Trinajstić information content (AvgIpc) is 2.69. The van der Waals surface area contributed by atoms with E-state index in [9.17, 15) is 0 Å². The monoisotopic (exact) mass is 210 g/mol. The topological polar surface area (TPSA) is 75.9 Å². The summed E-state index contributed by atoms with van der Waals surface area (Å²) in [7, 11) is 0. The zero-order chi connectivity index (χ0) is 10.1. The molecule has 0 radical (unpaired) electrons. The lowest BCUT2D eigenvalue weighted by molar-refractivity contribution is 0.317. The molecular formula is C8H10N4OS. The molecule has 2 rings (SSSR count). The number of imidazole rings is 1. The molecule has 0 atom stereocenters. The fourth-order valence-electron chi connectivity index (χ4n) is 1.25. The van der Waals surface area contributed by atoms with Crippen LogP contribution in [0.1, 0.15) is 11.4 Å².